The summed E-state index contributed by atoms with van der Waals surface area (Å²) >= 11 is 7.56. The van der Waals surface area contributed by atoms with Gasteiger partial charge in [-0.2, -0.15) is 18.2 Å². The Hall–Kier alpha value is -2.90. The van der Waals surface area contributed by atoms with E-state index in [9.17, 15) is 15.0 Å². The minimum absolute atomic E-state index is 0. The number of ether oxygens (including phenoxy) is 7. The summed E-state index contributed by atoms with van der Waals surface area (Å²) in [6, 6.07) is 52.0. The molecule has 0 bridgehead atoms. The Morgan fingerprint density at radius 1 is 0.634 bits per heavy atom. The molecule has 6 aromatic carbocycles. The number of benzene rings is 6. The first-order valence-corrected chi connectivity index (χ1v) is 28.8. The number of aldehydes is 1. The molecule has 6 aromatic rings. The van der Waals surface area contributed by atoms with E-state index in [1.54, 1.807) is 65.7 Å². The van der Waals surface area contributed by atoms with Gasteiger partial charge in [-0.05, 0) is 84.5 Å². The van der Waals surface area contributed by atoms with Crippen LogP contribution in [0.15, 0.2) is 162 Å². The van der Waals surface area contributed by atoms with Crippen LogP contribution in [0.2, 0.25) is 0 Å². The number of hydrogen-bond acceptors (Lipinski definition) is 12. The Morgan fingerprint density at radius 3 is 1.44 bits per heavy atom. The van der Waals surface area contributed by atoms with Crippen LogP contribution in [0, 0.1) is 6.07 Å². The van der Waals surface area contributed by atoms with E-state index < -0.39 is 12.2 Å². The zero-order valence-corrected chi connectivity index (χ0v) is 50.0. The van der Waals surface area contributed by atoms with Crippen molar-refractivity contribution >= 4 is 82.5 Å². The number of rotatable bonds is 15. The minimum Gasteiger partial charge on any atom is -1.00 e. The Labute approximate surface area is 480 Å². The molecular weight excluding hydrogens is 1280 g/mol. The van der Waals surface area contributed by atoms with Crippen LogP contribution in [-0.2, 0) is 32.2 Å². The molecule has 0 radical (unpaired) electrons. The summed E-state index contributed by atoms with van der Waals surface area (Å²) < 4.78 is 36.4. The average Bonchev–Trinajstić information content (AvgIpc) is 4.02. The molecular formula is C54H68Br2I2MgO12. The van der Waals surface area contributed by atoms with E-state index >= 15 is 0 Å². The van der Waals surface area contributed by atoms with E-state index in [1.165, 1.54) is 12.8 Å². The van der Waals surface area contributed by atoms with Crippen LogP contribution in [0.25, 0.3) is 0 Å². The van der Waals surface area contributed by atoms with E-state index in [-0.39, 0.29) is 66.5 Å². The van der Waals surface area contributed by atoms with Gasteiger partial charge in [-0.3, -0.25) is 0 Å². The fourth-order valence-corrected chi connectivity index (χ4v) is 5.55. The van der Waals surface area contributed by atoms with E-state index in [0.29, 0.717) is 24.5 Å². The maximum absolute atomic E-state index is 10.0. The molecule has 1 aliphatic rings. The van der Waals surface area contributed by atoms with Gasteiger partial charge in [-0.25, -0.2) is 0 Å². The van der Waals surface area contributed by atoms with Gasteiger partial charge < -0.3 is 75.4 Å². The third-order valence-electron chi connectivity index (χ3n) is 8.59. The second-order valence-corrected chi connectivity index (χ2v) is 14.6. The Bertz CT molecular complexity index is 2060. The topological polar surface area (TPSA) is 163 Å². The molecule has 0 saturated carbocycles. The first-order valence-electron chi connectivity index (χ1n) is 21.7. The summed E-state index contributed by atoms with van der Waals surface area (Å²) in [6.45, 7) is 5.12. The monoisotopic (exact) mass is 1340 g/mol. The first kappa shape index (κ1) is 72.3. The van der Waals surface area contributed by atoms with Crippen molar-refractivity contribution in [3.8, 4) is 23.0 Å². The van der Waals surface area contributed by atoms with E-state index in [2.05, 4.69) is 59.2 Å². The largest absolute Gasteiger partial charge is 2.00 e. The van der Waals surface area contributed by atoms with Gasteiger partial charge in [-0.15, -0.1) is 12.1 Å². The number of aliphatic hydroxyl groups excluding tert-OH is 4. The number of carbonyl (C=O) groups is 1. The molecule has 71 heavy (non-hydrogen) atoms. The van der Waals surface area contributed by atoms with Gasteiger partial charge in [0, 0.05) is 67.3 Å². The van der Waals surface area contributed by atoms with Crippen LogP contribution >= 0.6 is 53.2 Å². The van der Waals surface area contributed by atoms with Gasteiger partial charge in [0.1, 0.15) is 42.3 Å². The summed E-state index contributed by atoms with van der Waals surface area (Å²) in [5.74, 6) is 3.15. The molecule has 0 spiro atoms. The van der Waals surface area contributed by atoms with Gasteiger partial charge in [0.15, 0.2) is 0 Å². The van der Waals surface area contributed by atoms with Crippen LogP contribution in [0.1, 0.15) is 54.2 Å². The zero-order chi connectivity index (χ0) is 51.2. The normalized spacial score (nSPS) is 11.0. The third kappa shape index (κ3) is 39.3. The minimum atomic E-state index is -0.819. The van der Waals surface area contributed by atoms with Gasteiger partial charge in [0.25, 0.3) is 0 Å². The van der Waals surface area contributed by atoms with Gasteiger partial charge in [0.2, 0.25) is 0 Å². The van der Waals surface area contributed by atoms with Crippen LogP contribution in [-0.4, -0.2) is 118 Å². The predicted octanol–water partition coefficient (Wildman–Crippen LogP) is 8.21. The standard InChI is InChI=1S/C16H18O3.C9H12O3.C9H10O2.C7H7BrO.C7H7O.C4H8O.C2H6O.BrH.I2.Mg/c1-18-15-9-5-8-14(10-15)16(17)12-19-11-13-6-3-2-4-7-13;1-12-8-4-2-3-7(5-8)9(11)6-10;10-6-7-11-8-9-4-2-1-3-5-9;1-9-7-4-2-3-6(8)5-7;1-8-7-5-3-2-4-6-7;1-2-4-5-3-1;1-2-3;;1-2;/h2-10,16-17H,11-12H2,1H3;2-5,9-11H,6H2,1H3;1-6H,7-8H2;2-5H,1H3;2-3,5-6H,1H3;1-4H2;3H,2H2,1H3;1H;;/q;;;;-1;;;;;+2/p-1. The van der Waals surface area contributed by atoms with Crippen molar-refractivity contribution in [2.24, 2.45) is 0 Å². The van der Waals surface area contributed by atoms with Crippen LogP contribution < -0.4 is 35.9 Å². The number of hydrogen-bond donors (Lipinski definition) is 4. The molecule has 1 aliphatic heterocycles. The molecule has 0 aromatic heterocycles. The molecule has 0 amide bonds. The molecule has 2 atom stereocenters. The van der Waals surface area contributed by atoms with Crippen molar-refractivity contribution in [2.45, 2.75) is 45.2 Å². The third-order valence-corrected chi connectivity index (χ3v) is 9.08. The fraction of sp³-hybridized carbons (Fsp3) is 0.315. The van der Waals surface area contributed by atoms with E-state index in [1.807, 2.05) is 127 Å². The van der Waals surface area contributed by atoms with Crippen molar-refractivity contribution < 1.29 is 75.4 Å². The predicted molar refractivity (Wildman–Crippen MR) is 300 cm³/mol. The van der Waals surface area contributed by atoms with Gasteiger partial charge in [-0.1, -0.05) is 107 Å². The Balaban J connectivity index is -0.000000791. The first-order chi connectivity index (χ1) is 33.7. The molecule has 12 nitrogen and oxygen atoms in total. The number of methoxy groups -OCH3 is 4. The van der Waals surface area contributed by atoms with Crippen LogP contribution in [0.3, 0.4) is 0 Å². The number of halogens is 4. The average molecular weight is 1350 g/mol. The summed E-state index contributed by atoms with van der Waals surface area (Å²) in [7, 11) is 6.47. The molecule has 1 saturated heterocycles. The summed E-state index contributed by atoms with van der Waals surface area (Å²) in [5.41, 5.74) is 3.65. The number of carbonyl (C=O) groups excluding carboxylic acids is 1. The van der Waals surface area contributed by atoms with Crippen molar-refractivity contribution in [3.05, 3.63) is 191 Å². The molecule has 1 fully saturated rings. The second kappa shape index (κ2) is 52.0. The molecule has 17 heteroatoms. The summed E-state index contributed by atoms with van der Waals surface area (Å²) in [5, 5.41) is 35.5. The molecule has 7 rings (SSSR count). The van der Waals surface area contributed by atoms with E-state index in [0.717, 1.165) is 57.9 Å². The maximum atomic E-state index is 10.0. The number of aliphatic hydroxyl groups is 4. The van der Waals surface area contributed by atoms with Crippen molar-refractivity contribution in [2.75, 3.05) is 68.1 Å². The summed E-state index contributed by atoms with van der Waals surface area (Å²) in [4.78, 5) is 9.87. The molecule has 386 valence electrons. The summed E-state index contributed by atoms with van der Waals surface area (Å²) in [6.07, 6.45) is 1.85. The van der Waals surface area contributed by atoms with Crippen LogP contribution in [0.4, 0.5) is 0 Å². The Morgan fingerprint density at radius 2 is 1.07 bits per heavy atom. The van der Waals surface area contributed by atoms with Crippen molar-refractivity contribution in [3.63, 3.8) is 0 Å². The van der Waals surface area contributed by atoms with Crippen LogP contribution in [0.5, 0.6) is 23.0 Å². The molecule has 0 aliphatic carbocycles. The maximum Gasteiger partial charge on any atom is 2.00 e. The van der Waals surface area contributed by atoms with E-state index in [4.69, 9.17) is 43.4 Å². The van der Waals surface area contributed by atoms with Crippen molar-refractivity contribution in [1.29, 1.82) is 0 Å². The fourth-order valence-electron chi connectivity index (χ4n) is 5.17. The van der Waals surface area contributed by atoms with Gasteiger partial charge >= 0.3 is 23.1 Å². The zero-order valence-electron chi connectivity index (χ0n) is 41.1. The SMILES string of the molecule is C1CCOC1.CCO.COc1c[c-]ccc1.COc1cccc(Br)c1.COc1cccc(C(O)CO)c1.COc1cccc(C(O)COCc2ccccc2)c1.II.O=CCOCc1ccccc1.[Br-].[Mg+2]. The smallest absolute Gasteiger partial charge is 1.00 e. The molecule has 1 heterocycles. The molecule has 2 unspecified atom stereocenters. The van der Waals surface area contributed by atoms with Crippen molar-refractivity contribution in [1.82, 2.24) is 0 Å². The Kier molecular flexibility index (Phi) is 53.0. The molecule has 4 N–H and O–H groups in total. The van der Waals surface area contributed by atoms with Gasteiger partial charge in [0.05, 0.1) is 54.9 Å². The second-order valence-electron chi connectivity index (χ2n) is 13.7. The quantitative estimate of drug-likeness (QED) is 0.0257.